The van der Waals surface area contributed by atoms with E-state index < -0.39 is 8.80 Å². The van der Waals surface area contributed by atoms with Crippen LogP contribution in [0.1, 0.15) is 19.8 Å². The van der Waals surface area contributed by atoms with Gasteiger partial charge in [-0.25, -0.2) is 5.48 Å². The van der Waals surface area contributed by atoms with Gasteiger partial charge < -0.3 is 9.22 Å². The first kappa shape index (κ1) is 12.5. The van der Waals surface area contributed by atoms with Gasteiger partial charge in [0.25, 0.3) is 0 Å². The quantitative estimate of drug-likeness (QED) is 0.502. The third kappa shape index (κ3) is 4.29. The summed E-state index contributed by atoms with van der Waals surface area (Å²) in [4.78, 5) is 9.99. The molecule has 1 saturated heterocycles. The van der Waals surface area contributed by atoms with Gasteiger partial charge in [0.1, 0.15) is 0 Å². The lowest BCUT2D eigenvalue weighted by atomic mass is 10.1. The van der Waals surface area contributed by atoms with Crippen molar-refractivity contribution in [1.29, 1.82) is 0 Å². The summed E-state index contributed by atoms with van der Waals surface area (Å²) < 4.78 is 10.6. The topological polar surface area (TPSA) is 50.7 Å². The highest BCUT2D eigenvalue weighted by molar-refractivity contribution is 7.80. The van der Waals surface area contributed by atoms with Crippen molar-refractivity contribution in [2.24, 2.45) is 5.92 Å². The van der Waals surface area contributed by atoms with Crippen molar-refractivity contribution in [3.05, 3.63) is 0 Å². The van der Waals surface area contributed by atoms with E-state index >= 15 is 0 Å². The third-order valence-electron chi connectivity index (χ3n) is 2.25. The Balaban J connectivity index is 2.36. The maximum atomic E-state index is 9.99. The second-order valence-electron chi connectivity index (χ2n) is 3.73. The van der Waals surface area contributed by atoms with Gasteiger partial charge in [0.2, 0.25) is 0 Å². The van der Waals surface area contributed by atoms with Crippen LogP contribution in [-0.2, 0) is 8.95 Å². The molecular weight excluding hydrogens is 218 g/mol. The van der Waals surface area contributed by atoms with E-state index in [1.54, 1.807) is 0 Å². The zero-order valence-corrected chi connectivity index (χ0v) is 10.4. The largest absolute Gasteiger partial charge is 0.515 e. The van der Waals surface area contributed by atoms with Crippen molar-refractivity contribution in [3.8, 4) is 0 Å². The molecule has 1 fully saturated rings. The van der Waals surface area contributed by atoms with Crippen LogP contribution in [0, 0.1) is 5.92 Å². The molecule has 1 rings (SSSR count). The fourth-order valence-electron chi connectivity index (χ4n) is 1.27. The number of hydroxylamine groups is 1. The Kier molecular flexibility index (Phi) is 5.43. The second kappa shape index (κ2) is 6.09. The van der Waals surface area contributed by atoms with Gasteiger partial charge in [0, 0.05) is 19.2 Å². The van der Waals surface area contributed by atoms with Gasteiger partial charge in [-0.2, -0.15) is 12.6 Å². The van der Waals surface area contributed by atoms with Crippen LogP contribution in [-0.4, -0.2) is 32.5 Å². The summed E-state index contributed by atoms with van der Waals surface area (Å²) in [6.45, 7) is 3.50. The smallest absolute Gasteiger partial charge is 0.389 e. The molecule has 84 valence electrons. The van der Waals surface area contributed by atoms with E-state index in [0.717, 1.165) is 25.1 Å². The molecule has 0 aromatic rings. The summed E-state index contributed by atoms with van der Waals surface area (Å²) in [6, 6.07) is 0.581. The van der Waals surface area contributed by atoms with Gasteiger partial charge in [-0.1, -0.05) is 6.92 Å². The summed E-state index contributed by atoms with van der Waals surface area (Å²) in [6.07, 6.45) is 1.79. The summed E-state index contributed by atoms with van der Waals surface area (Å²) in [5.74, 6) is 1.27. The van der Waals surface area contributed by atoms with Gasteiger partial charge in [0.05, 0.1) is 0 Å². The SMILES string of the molecule is CC1CCO[Si](O)(CCCS)ONC1. The van der Waals surface area contributed by atoms with Gasteiger partial charge in [-0.05, 0) is 24.5 Å². The van der Waals surface area contributed by atoms with E-state index in [9.17, 15) is 4.80 Å². The highest BCUT2D eigenvalue weighted by atomic mass is 32.1. The molecule has 2 N–H and O–H groups in total. The molecule has 2 unspecified atom stereocenters. The monoisotopic (exact) mass is 237 g/mol. The lowest BCUT2D eigenvalue weighted by Gasteiger charge is -2.28. The van der Waals surface area contributed by atoms with E-state index in [1.807, 2.05) is 0 Å². The van der Waals surface area contributed by atoms with Crippen molar-refractivity contribution in [1.82, 2.24) is 5.48 Å². The minimum atomic E-state index is -2.93. The van der Waals surface area contributed by atoms with Crippen LogP contribution >= 0.6 is 12.6 Å². The Bertz CT molecular complexity index is 163. The molecule has 1 heterocycles. The van der Waals surface area contributed by atoms with Gasteiger partial charge >= 0.3 is 8.80 Å². The lowest BCUT2D eigenvalue weighted by molar-refractivity contribution is 0.0221. The van der Waals surface area contributed by atoms with Crippen LogP contribution < -0.4 is 5.48 Å². The van der Waals surface area contributed by atoms with Gasteiger partial charge in [0.15, 0.2) is 0 Å². The summed E-state index contributed by atoms with van der Waals surface area (Å²) in [7, 11) is -2.93. The lowest BCUT2D eigenvalue weighted by Crippen LogP contribution is -2.49. The fraction of sp³-hybridized carbons (Fsp3) is 1.00. The molecule has 1 aliphatic rings. The first-order valence-corrected chi connectivity index (χ1v) is 7.65. The normalized spacial score (nSPS) is 34.9. The van der Waals surface area contributed by atoms with Crippen LogP contribution in [0.2, 0.25) is 6.04 Å². The van der Waals surface area contributed by atoms with Crippen molar-refractivity contribution < 1.29 is 13.7 Å². The molecule has 14 heavy (non-hydrogen) atoms. The van der Waals surface area contributed by atoms with Crippen LogP contribution in [0.15, 0.2) is 0 Å². The Morgan fingerprint density at radius 2 is 2.43 bits per heavy atom. The summed E-state index contributed by atoms with van der Waals surface area (Å²) >= 11 is 4.10. The molecule has 0 aromatic carbocycles. The standard InChI is InChI=1S/C8H19NO3SSi/c1-8-3-4-11-14(10,6-2-5-13)12-9-7-8/h8-10,13H,2-7H2,1H3. The Morgan fingerprint density at radius 1 is 1.64 bits per heavy atom. The molecule has 1 aliphatic heterocycles. The molecule has 0 radical (unpaired) electrons. The molecule has 2 atom stereocenters. The zero-order chi connectivity index (χ0) is 10.4. The number of hydrogen-bond acceptors (Lipinski definition) is 5. The molecule has 6 heteroatoms. The van der Waals surface area contributed by atoms with Crippen molar-refractivity contribution >= 4 is 21.4 Å². The highest BCUT2D eigenvalue weighted by Crippen LogP contribution is 2.16. The maximum Gasteiger partial charge on any atom is 0.515 e. The predicted octanol–water partition coefficient (Wildman–Crippen LogP) is 0.815. The third-order valence-corrected chi connectivity index (χ3v) is 4.67. The molecule has 0 amide bonds. The van der Waals surface area contributed by atoms with E-state index in [2.05, 4.69) is 25.0 Å². The summed E-state index contributed by atoms with van der Waals surface area (Å²) in [5.41, 5.74) is 2.80. The van der Waals surface area contributed by atoms with Gasteiger partial charge in [-0.3, -0.25) is 4.53 Å². The van der Waals surface area contributed by atoms with Crippen molar-refractivity contribution in [2.75, 3.05) is 18.9 Å². The predicted molar refractivity (Wildman–Crippen MR) is 60.1 cm³/mol. The molecule has 4 nitrogen and oxygen atoms in total. The molecule has 0 aliphatic carbocycles. The van der Waals surface area contributed by atoms with Crippen LogP contribution in [0.4, 0.5) is 0 Å². The Labute approximate surface area is 91.7 Å². The van der Waals surface area contributed by atoms with Crippen LogP contribution in [0.3, 0.4) is 0 Å². The van der Waals surface area contributed by atoms with E-state index in [1.165, 1.54) is 0 Å². The van der Waals surface area contributed by atoms with Crippen LogP contribution in [0.25, 0.3) is 0 Å². The van der Waals surface area contributed by atoms with Crippen molar-refractivity contribution in [3.63, 3.8) is 0 Å². The van der Waals surface area contributed by atoms with E-state index in [4.69, 9.17) is 8.95 Å². The van der Waals surface area contributed by atoms with Crippen molar-refractivity contribution in [2.45, 2.75) is 25.8 Å². The summed E-state index contributed by atoms with van der Waals surface area (Å²) in [5, 5.41) is 0. The Hall–Kier alpha value is 0.407. The highest BCUT2D eigenvalue weighted by Gasteiger charge is 2.38. The van der Waals surface area contributed by atoms with Gasteiger partial charge in [-0.15, -0.1) is 0 Å². The number of hydrogen-bond donors (Lipinski definition) is 3. The average molecular weight is 237 g/mol. The molecule has 0 aromatic heterocycles. The minimum absolute atomic E-state index is 0.526. The van der Waals surface area contributed by atoms with E-state index in [0.29, 0.717) is 18.6 Å². The zero-order valence-electron chi connectivity index (χ0n) is 8.53. The molecule has 0 saturated carbocycles. The molecule has 0 spiro atoms. The van der Waals surface area contributed by atoms with E-state index in [-0.39, 0.29) is 0 Å². The maximum absolute atomic E-state index is 9.99. The number of nitrogens with one attached hydrogen (secondary N) is 1. The first-order valence-electron chi connectivity index (χ1n) is 5.04. The minimum Gasteiger partial charge on any atom is -0.389 e. The number of rotatable bonds is 3. The molecule has 0 bridgehead atoms. The average Bonchev–Trinajstić information content (AvgIpc) is 2.12. The second-order valence-corrected chi connectivity index (χ2v) is 6.60. The first-order chi connectivity index (χ1) is 6.66. The number of thiol groups is 1. The fourth-order valence-corrected chi connectivity index (χ4v) is 3.40. The molecular formula is C8H19NO3SSi. The van der Waals surface area contributed by atoms with Crippen LogP contribution in [0.5, 0.6) is 0 Å². The Morgan fingerprint density at radius 3 is 3.14 bits per heavy atom.